The van der Waals surface area contributed by atoms with Crippen LogP contribution in [0, 0.1) is 13.8 Å². The Morgan fingerprint density at radius 2 is 1.59 bits per heavy atom. The largest absolute Gasteiger partial charge is 0.497 e. The van der Waals surface area contributed by atoms with Gasteiger partial charge in [0.05, 0.1) is 25.4 Å². The van der Waals surface area contributed by atoms with E-state index < -0.39 is 0 Å². The van der Waals surface area contributed by atoms with Gasteiger partial charge in [0, 0.05) is 17.0 Å². The van der Waals surface area contributed by atoms with E-state index in [-0.39, 0.29) is 0 Å². The molecule has 1 heterocycles. The van der Waals surface area contributed by atoms with Gasteiger partial charge in [0.15, 0.2) is 0 Å². The van der Waals surface area contributed by atoms with Crippen molar-refractivity contribution in [3.05, 3.63) is 53.6 Å². The highest BCUT2D eigenvalue weighted by molar-refractivity contribution is 5.84. The maximum Gasteiger partial charge on any atom is 0.121 e. The van der Waals surface area contributed by atoms with E-state index in [4.69, 9.17) is 14.5 Å². The summed E-state index contributed by atoms with van der Waals surface area (Å²) in [5.74, 6) is 1.67. The predicted octanol–water partition coefficient (Wildman–Crippen LogP) is 4.54. The number of aromatic nitrogens is 1. The van der Waals surface area contributed by atoms with Crippen molar-refractivity contribution in [3.63, 3.8) is 0 Å². The molecule has 0 atom stereocenters. The normalized spacial score (nSPS) is 10.7. The Morgan fingerprint density at radius 3 is 2.32 bits per heavy atom. The molecular formula is C19H19NO2. The van der Waals surface area contributed by atoms with Crippen LogP contribution in [0.4, 0.5) is 0 Å². The molecular weight excluding hydrogens is 274 g/mol. The van der Waals surface area contributed by atoms with Gasteiger partial charge in [-0.25, -0.2) is 4.98 Å². The second-order valence-corrected chi connectivity index (χ2v) is 5.45. The Balaban J connectivity index is 2.21. The average molecular weight is 293 g/mol. The number of nitrogens with zero attached hydrogens (tertiary/aromatic N) is 1. The molecule has 0 saturated carbocycles. The number of pyridine rings is 1. The summed E-state index contributed by atoms with van der Waals surface area (Å²) < 4.78 is 10.7. The van der Waals surface area contributed by atoms with Gasteiger partial charge < -0.3 is 9.47 Å². The lowest BCUT2D eigenvalue weighted by molar-refractivity contribution is 0.414. The lowest BCUT2D eigenvalue weighted by Gasteiger charge is -2.11. The van der Waals surface area contributed by atoms with Gasteiger partial charge in [-0.3, -0.25) is 0 Å². The summed E-state index contributed by atoms with van der Waals surface area (Å²) in [6, 6.07) is 14.3. The molecule has 0 radical (unpaired) electrons. The molecule has 0 fully saturated rings. The molecule has 0 spiro atoms. The third kappa shape index (κ3) is 2.62. The summed E-state index contributed by atoms with van der Waals surface area (Å²) in [6.07, 6.45) is 0. The molecule has 0 aliphatic carbocycles. The third-order valence-electron chi connectivity index (χ3n) is 3.78. The van der Waals surface area contributed by atoms with E-state index >= 15 is 0 Å². The summed E-state index contributed by atoms with van der Waals surface area (Å²) in [4.78, 5) is 4.83. The van der Waals surface area contributed by atoms with E-state index in [9.17, 15) is 0 Å². The first-order valence-corrected chi connectivity index (χ1v) is 7.22. The fourth-order valence-electron chi connectivity index (χ4n) is 2.67. The molecule has 0 aliphatic heterocycles. The van der Waals surface area contributed by atoms with Crippen LogP contribution in [-0.2, 0) is 0 Å². The van der Waals surface area contributed by atoms with Crippen molar-refractivity contribution < 1.29 is 9.47 Å². The minimum absolute atomic E-state index is 0.816. The van der Waals surface area contributed by atoms with Crippen LogP contribution >= 0.6 is 0 Å². The zero-order valence-corrected chi connectivity index (χ0v) is 13.3. The molecule has 22 heavy (non-hydrogen) atoms. The van der Waals surface area contributed by atoms with Crippen molar-refractivity contribution >= 4 is 10.9 Å². The Morgan fingerprint density at radius 1 is 0.818 bits per heavy atom. The maximum absolute atomic E-state index is 5.37. The quantitative estimate of drug-likeness (QED) is 0.710. The monoisotopic (exact) mass is 293 g/mol. The molecule has 2 aromatic carbocycles. The zero-order chi connectivity index (χ0) is 15.7. The van der Waals surface area contributed by atoms with Gasteiger partial charge >= 0.3 is 0 Å². The van der Waals surface area contributed by atoms with E-state index in [1.165, 1.54) is 0 Å². The fourth-order valence-corrected chi connectivity index (χ4v) is 2.67. The van der Waals surface area contributed by atoms with Crippen LogP contribution in [0.5, 0.6) is 11.5 Å². The second kappa shape index (κ2) is 5.68. The first-order valence-electron chi connectivity index (χ1n) is 7.22. The van der Waals surface area contributed by atoms with E-state index in [1.807, 2.05) is 30.3 Å². The number of methoxy groups -OCH3 is 2. The highest BCUT2D eigenvalue weighted by atomic mass is 16.5. The molecule has 0 saturated heterocycles. The molecule has 112 valence electrons. The van der Waals surface area contributed by atoms with Crippen LogP contribution in [0.15, 0.2) is 42.5 Å². The van der Waals surface area contributed by atoms with E-state index in [1.54, 1.807) is 14.2 Å². The standard InChI is InChI=1S/C19H19NO2/c1-12-7-15(10-17(8-12)22-4)19-13(2)9-14-5-6-16(21-3)11-18(14)20-19/h5-11H,1-4H3. The van der Waals surface area contributed by atoms with E-state index in [0.29, 0.717) is 0 Å². The highest BCUT2D eigenvalue weighted by Gasteiger charge is 2.09. The summed E-state index contributed by atoms with van der Waals surface area (Å²) in [5, 5.41) is 1.11. The molecule has 3 aromatic rings. The van der Waals surface area contributed by atoms with Crippen molar-refractivity contribution in [1.82, 2.24) is 4.98 Å². The van der Waals surface area contributed by atoms with Crippen molar-refractivity contribution in [2.24, 2.45) is 0 Å². The van der Waals surface area contributed by atoms with Crippen molar-refractivity contribution in [2.45, 2.75) is 13.8 Å². The van der Waals surface area contributed by atoms with Crippen molar-refractivity contribution in [1.29, 1.82) is 0 Å². The molecule has 0 amide bonds. The van der Waals surface area contributed by atoms with Crippen molar-refractivity contribution in [3.8, 4) is 22.8 Å². The summed E-state index contributed by atoms with van der Waals surface area (Å²) in [6.45, 7) is 4.15. The van der Waals surface area contributed by atoms with Crippen LogP contribution in [0.1, 0.15) is 11.1 Å². The number of fused-ring (bicyclic) bond motifs is 1. The number of hydrogen-bond acceptors (Lipinski definition) is 3. The maximum atomic E-state index is 5.37. The molecule has 0 N–H and O–H groups in total. The average Bonchev–Trinajstić information content (AvgIpc) is 2.53. The first-order chi connectivity index (χ1) is 10.6. The summed E-state index contributed by atoms with van der Waals surface area (Å²) in [7, 11) is 3.35. The van der Waals surface area contributed by atoms with Gasteiger partial charge in [0.2, 0.25) is 0 Å². The smallest absolute Gasteiger partial charge is 0.121 e. The van der Waals surface area contributed by atoms with Crippen LogP contribution in [0.2, 0.25) is 0 Å². The number of rotatable bonds is 3. The molecule has 3 nitrogen and oxygen atoms in total. The third-order valence-corrected chi connectivity index (χ3v) is 3.78. The van der Waals surface area contributed by atoms with Gasteiger partial charge in [-0.15, -0.1) is 0 Å². The van der Waals surface area contributed by atoms with Crippen LogP contribution < -0.4 is 9.47 Å². The summed E-state index contributed by atoms with van der Waals surface area (Å²) >= 11 is 0. The van der Waals surface area contributed by atoms with Crippen LogP contribution in [0.25, 0.3) is 22.2 Å². The fraction of sp³-hybridized carbons (Fsp3) is 0.211. The topological polar surface area (TPSA) is 31.4 Å². The second-order valence-electron chi connectivity index (χ2n) is 5.45. The first kappa shape index (κ1) is 14.4. The number of benzene rings is 2. The molecule has 0 bridgehead atoms. The van der Waals surface area contributed by atoms with Crippen LogP contribution in [-0.4, -0.2) is 19.2 Å². The van der Waals surface area contributed by atoms with Gasteiger partial charge in [-0.1, -0.05) is 0 Å². The lowest BCUT2D eigenvalue weighted by Crippen LogP contribution is -1.93. The van der Waals surface area contributed by atoms with Crippen LogP contribution in [0.3, 0.4) is 0 Å². The van der Waals surface area contributed by atoms with Gasteiger partial charge in [-0.2, -0.15) is 0 Å². The molecule has 3 rings (SSSR count). The predicted molar refractivity (Wildman–Crippen MR) is 89.8 cm³/mol. The minimum Gasteiger partial charge on any atom is -0.497 e. The minimum atomic E-state index is 0.816. The molecule has 3 heteroatoms. The number of hydrogen-bond donors (Lipinski definition) is 0. The Bertz CT molecular complexity index is 840. The molecule has 1 aromatic heterocycles. The lowest BCUT2D eigenvalue weighted by atomic mass is 10.0. The SMILES string of the molecule is COc1cc(C)cc(-c2nc3cc(OC)ccc3cc2C)c1. The Hall–Kier alpha value is -2.55. The Kier molecular flexibility index (Phi) is 3.72. The zero-order valence-electron chi connectivity index (χ0n) is 13.3. The van der Waals surface area contributed by atoms with Crippen molar-refractivity contribution in [2.75, 3.05) is 14.2 Å². The summed E-state index contributed by atoms with van der Waals surface area (Å²) in [5.41, 5.74) is 5.27. The van der Waals surface area contributed by atoms with Gasteiger partial charge in [0.1, 0.15) is 11.5 Å². The highest BCUT2D eigenvalue weighted by Crippen LogP contribution is 2.30. The van der Waals surface area contributed by atoms with E-state index in [0.717, 1.165) is 44.8 Å². The van der Waals surface area contributed by atoms with Gasteiger partial charge in [0.25, 0.3) is 0 Å². The van der Waals surface area contributed by atoms with E-state index in [2.05, 4.69) is 26.0 Å². The number of ether oxygens (including phenoxy) is 2. The van der Waals surface area contributed by atoms with Gasteiger partial charge in [-0.05, 0) is 61.4 Å². The molecule has 0 unspecified atom stereocenters. The Labute approximate surface area is 130 Å². The molecule has 0 aliphatic rings. The number of aryl methyl sites for hydroxylation is 2.